The van der Waals surface area contributed by atoms with E-state index in [2.05, 4.69) is 22.0 Å². The topological polar surface area (TPSA) is 83.1 Å². The normalized spacial score (nSPS) is 9.90. The molecule has 0 aliphatic heterocycles. The van der Waals surface area contributed by atoms with Gasteiger partial charge in [0.2, 0.25) is 0 Å². The average molecular weight is 447 g/mol. The van der Waals surface area contributed by atoms with E-state index in [-0.39, 0.29) is 13.2 Å². The van der Waals surface area contributed by atoms with Crippen LogP contribution in [0, 0.1) is 22.7 Å². The highest BCUT2D eigenvalue weighted by Crippen LogP contribution is 2.25. The van der Waals surface area contributed by atoms with Crippen molar-refractivity contribution >= 4 is 21.9 Å². The molecule has 0 atom stereocenters. The van der Waals surface area contributed by atoms with Crippen LogP contribution in [0.5, 0.6) is 5.75 Å². The Morgan fingerprint density at radius 2 is 1.38 bits per heavy atom. The lowest BCUT2D eigenvalue weighted by molar-refractivity contribution is 0.0467. The Morgan fingerprint density at radius 1 is 0.828 bits per heavy atom. The Labute approximate surface area is 176 Å². The summed E-state index contributed by atoms with van der Waals surface area (Å²) in [5, 5.41) is 17.7. The molecule has 0 amide bonds. The van der Waals surface area contributed by atoms with E-state index in [0.29, 0.717) is 22.4 Å². The SMILES string of the molecule is N#Cc1ccc(COC(=O)c2cc(Br)ccc2OCc2ccc(C#N)cc2)cc1. The van der Waals surface area contributed by atoms with Crippen molar-refractivity contribution in [1.82, 2.24) is 0 Å². The maximum atomic E-state index is 12.6. The summed E-state index contributed by atoms with van der Waals surface area (Å²) in [6, 6.07) is 23.1. The molecular weight excluding hydrogens is 432 g/mol. The predicted molar refractivity (Wildman–Crippen MR) is 110 cm³/mol. The van der Waals surface area contributed by atoms with Crippen molar-refractivity contribution < 1.29 is 14.3 Å². The first-order chi connectivity index (χ1) is 14.1. The summed E-state index contributed by atoms with van der Waals surface area (Å²) in [6.07, 6.45) is 0. The fraction of sp³-hybridized carbons (Fsp3) is 0.0870. The third-order valence-electron chi connectivity index (χ3n) is 4.09. The zero-order chi connectivity index (χ0) is 20.6. The summed E-state index contributed by atoms with van der Waals surface area (Å²) in [7, 11) is 0. The molecule has 0 aromatic heterocycles. The molecule has 0 fully saturated rings. The van der Waals surface area contributed by atoms with Crippen LogP contribution in [0.4, 0.5) is 0 Å². The molecule has 0 radical (unpaired) electrons. The van der Waals surface area contributed by atoms with Crippen LogP contribution in [-0.4, -0.2) is 5.97 Å². The van der Waals surface area contributed by atoms with Crippen molar-refractivity contribution in [3.05, 3.63) is 99.0 Å². The van der Waals surface area contributed by atoms with Crippen molar-refractivity contribution in [2.45, 2.75) is 13.2 Å². The van der Waals surface area contributed by atoms with E-state index in [1.165, 1.54) is 0 Å². The molecule has 5 nitrogen and oxygen atoms in total. The standard InChI is InChI=1S/C23H15BrN2O3/c24-20-9-10-22(28-14-18-5-1-16(12-25)2-6-18)21(11-20)23(27)29-15-19-7-3-17(13-26)4-8-19/h1-11H,14-15H2. The van der Waals surface area contributed by atoms with Crippen molar-refractivity contribution in [3.63, 3.8) is 0 Å². The molecule has 3 rings (SSSR count). The number of hydrogen-bond donors (Lipinski definition) is 0. The van der Waals surface area contributed by atoms with Crippen molar-refractivity contribution in [1.29, 1.82) is 10.5 Å². The summed E-state index contributed by atoms with van der Waals surface area (Å²) in [4.78, 5) is 12.6. The summed E-state index contributed by atoms with van der Waals surface area (Å²) in [5.74, 6) is -0.104. The quantitative estimate of drug-likeness (QED) is 0.490. The van der Waals surface area contributed by atoms with Crippen LogP contribution in [0.3, 0.4) is 0 Å². The minimum Gasteiger partial charge on any atom is -0.488 e. The van der Waals surface area contributed by atoms with Gasteiger partial charge in [-0.2, -0.15) is 10.5 Å². The second-order valence-electron chi connectivity index (χ2n) is 6.12. The van der Waals surface area contributed by atoms with Gasteiger partial charge in [0.15, 0.2) is 0 Å². The van der Waals surface area contributed by atoms with Crippen molar-refractivity contribution in [2.75, 3.05) is 0 Å². The Hall–Kier alpha value is -3.61. The zero-order valence-electron chi connectivity index (χ0n) is 15.3. The Balaban J connectivity index is 1.68. The minimum atomic E-state index is -0.509. The van der Waals surface area contributed by atoms with Crippen LogP contribution in [0.25, 0.3) is 0 Å². The molecule has 3 aromatic rings. The maximum absolute atomic E-state index is 12.6. The highest BCUT2D eigenvalue weighted by molar-refractivity contribution is 9.10. The van der Waals surface area contributed by atoms with Crippen LogP contribution in [0.2, 0.25) is 0 Å². The van der Waals surface area contributed by atoms with E-state index >= 15 is 0 Å². The highest BCUT2D eigenvalue weighted by Gasteiger charge is 2.15. The zero-order valence-corrected chi connectivity index (χ0v) is 16.8. The number of nitrogens with zero attached hydrogens (tertiary/aromatic N) is 2. The maximum Gasteiger partial charge on any atom is 0.342 e. The molecule has 0 aliphatic rings. The molecule has 0 saturated carbocycles. The smallest absolute Gasteiger partial charge is 0.342 e. The van der Waals surface area contributed by atoms with Crippen molar-refractivity contribution in [2.24, 2.45) is 0 Å². The number of halogens is 1. The van der Waals surface area contributed by atoms with Gasteiger partial charge in [0, 0.05) is 4.47 Å². The van der Waals surface area contributed by atoms with Gasteiger partial charge in [-0.05, 0) is 53.6 Å². The largest absolute Gasteiger partial charge is 0.488 e. The van der Waals surface area contributed by atoms with E-state index in [9.17, 15) is 4.79 Å². The fourth-order valence-corrected chi connectivity index (χ4v) is 2.89. The molecule has 3 aromatic carbocycles. The van der Waals surface area contributed by atoms with Gasteiger partial charge in [-0.25, -0.2) is 4.79 Å². The molecule has 0 unspecified atom stereocenters. The van der Waals surface area contributed by atoms with E-state index < -0.39 is 5.97 Å². The molecule has 29 heavy (non-hydrogen) atoms. The average Bonchev–Trinajstić information content (AvgIpc) is 2.77. The molecule has 0 spiro atoms. The first-order valence-electron chi connectivity index (χ1n) is 8.66. The summed E-state index contributed by atoms with van der Waals surface area (Å²) in [5.41, 5.74) is 3.09. The van der Waals surface area contributed by atoms with Crippen molar-refractivity contribution in [3.8, 4) is 17.9 Å². The molecular formula is C23H15BrN2O3. The number of esters is 1. The lowest BCUT2D eigenvalue weighted by Crippen LogP contribution is -2.08. The van der Waals surface area contributed by atoms with Crippen LogP contribution < -0.4 is 4.74 Å². The first-order valence-corrected chi connectivity index (χ1v) is 9.46. The van der Waals surface area contributed by atoms with E-state index in [4.69, 9.17) is 20.0 Å². The van der Waals surface area contributed by atoms with Gasteiger partial charge < -0.3 is 9.47 Å². The van der Waals surface area contributed by atoms with Crippen LogP contribution in [-0.2, 0) is 18.0 Å². The third-order valence-corrected chi connectivity index (χ3v) is 4.59. The molecule has 0 bridgehead atoms. The van der Waals surface area contributed by atoms with E-state index in [1.807, 2.05) is 6.07 Å². The molecule has 0 aliphatic carbocycles. The molecule has 0 N–H and O–H groups in total. The second-order valence-corrected chi connectivity index (χ2v) is 7.04. The fourth-order valence-electron chi connectivity index (χ4n) is 2.53. The van der Waals surface area contributed by atoms with Gasteiger partial charge in [0.25, 0.3) is 0 Å². The number of ether oxygens (including phenoxy) is 2. The monoisotopic (exact) mass is 446 g/mol. The van der Waals surface area contributed by atoms with Gasteiger partial charge in [-0.1, -0.05) is 40.2 Å². The van der Waals surface area contributed by atoms with Gasteiger partial charge in [-0.3, -0.25) is 0 Å². The number of nitriles is 2. The molecule has 142 valence electrons. The summed E-state index contributed by atoms with van der Waals surface area (Å²) < 4.78 is 12.0. The molecule has 0 heterocycles. The molecule has 0 saturated heterocycles. The number of hydrogen-bond acceptors (Lipinski definition) is 5. The summed E-state index contributed by atoms with van der Waals surface area (Å²) in [6.45, 7) is 0.343. The van der Waals surface area contributed by atoms with Gasteiger partial charge in [-0.15, -0.1) is 0 Å². The number of carbonyl (C=O) groups excluding carboxylic acids is 1. The van der Waals surface area contributed by atoms with Gasteiger partial charge in [0.05, 0.1) is 23.3 Å². The van der Waals surface area contributed by atoms with Crippen LogP contribution >= 0.6 is 15.9 Å². The highest BCUT2D eigenvalue weighted by atomic mass is 79.9. The first kappa shape index (κ1) is 20.1. The Kier molecular flexibility index (Phi) is 6.63. The van der Waals surface area contributed by atoms with Crippen LogP contribution in [0.15, 0.2) is 71.2 Å². The van der Waals surface area contributed by atoms with E-state index in [1.54, 1.807) is 66.7 Å². The van der Waals surface area contributed by atoms with E-state index in [0.717, 1.165) is 15.6 Å². The molecule has 6 heteroatoms. The Bertz CT molecular complexity index is 1090. The van der Waals surface area contributed by atoms with Gasteiger partial charge >= 0.3 is 5.97 Å². The third kappa shape index (κ3) is 5.44. The second kappa shape index (κ2) is 9.54. The lowest BCUT2D eigenvalue weighted by atomic mass is 10.1. The van der Waals surface area contributed by atoms with Crippen LogP contribution in [0.1, 0.15) is 32.6 Å². The van der Waals surface area contributed by atoms with Gasteiger partial charge in [0.1, 0.15) is 24.5 Å². The number of carbonyl (C=O) groups is 1. The number of benzene rings is 3. The number of rotatable bonds is 6. The Morgan fingerprint density at radius 3 is 1.93 bits per heavy atom. The summed E-state index contributed by atoms with van der Waals surface area (Å²) >= 11 is 3.36. The predicted octanol–water partition coefficient (Wildman–Crippen LogP) is 5.13. The lowest BCUT2D eigenvalue weighted by Gasteiger charge is -2.12. The minimum absolute atomic E-state index is 0.0894.